The Balaban J connectivity index is 1.86. The van der Waals surface area contributed by atoms with Crippen LogP contribution in [0.3, 0.4) is 0 Å². The Morgan fingerprint density at radius 2 is 1.43 bits per heavy atom. The SMILES string of the molecule is O=C(OC(c1ccccc1)c1ccccc1)C(O)c1ccoc1. The van der Waals surface area contributed by atoms with E-state index in [0.29, 0.717) is 5.56 Å². The van der Waals surface area contributed by atoms with Gasteiger partial charge in [-0.15, -0.1) is 0 Å². The van der Waals surface area contributed by atoms with Crippen LogP contribution in [-0.4, -0.2) is 11.1 Å². The van der Waals surface area contributed by atoms with Crippen LogP contribution >= 0.6 is 0 Å². The smallest absolute Gasteiger partial charge is 0.340 e. The Morgan fingerprint density at radius 1 is 0.870 bits per heavy atom. The molecule has 0 aliphatic heterocycles. The van der Waals surface area contributed by atoms with Crippen LogP contribution in [0.4, 0.5) is 0 Å². The molecule has 0 saturated carbocycles. The molecule has 0 spiro atoms. The van der Waals surface area contributed by atoms with Crippen LogP contribution in [0.25, 0.3) is 0 Å². The van der Waals surface area contributed by atoms with E-state index in [1.54, 1.807) is 0 Å². The topological polar surface area (TPSA) is 59.7 Å². The van der Waals surface area contributed by atoms with Gasteiger partial charge in [-0.25, -0.2) is 4.79 Å². The molecule has 3 rings (SSSR count). The van der Waals surface area contributed by atoms with Gasteiger partial charge in [0, 0.05) is 5.56 Å². The second kappa shape index (κ2) is 6.94. The molecule has 0 bridgehead atoms. The van der Waals surface area contributed by atoms with Gasteiger partial charge in [-0.1, -0.05) is 60.7 Å². The summed E-state index contributed by atoms with van der Waals surface area (Å²) in [6, 6.07) is 20.4. The van der Waals surface area contributed by atoms with Gasteiger partial charge in [-0.05, 0) is 17.2 Å². The molecule has 1 N–H and O–H groups in total. The number of carbonyl (C=O) groups excluding carboxylic acids is 1. The molecule has 1 heterocycles. The molecular formula is C19H16O4. The fourth-order valence-electron chi connectivity index (χ4n) is 2.33. The number of esters is 1. The molecule has 0 aliphatic carbocycles. The monoisotopic (exact) mass is 308 g/mol. The Bertz CT molecular complexity index is 696. The average molecular weight is 308 g/mol. The van der Waals surface area contributed by atoms with E-state index in [0.717, 1.165) is 11.1 Å². The van der Waals surface area contributed by atoms with Crippen LogP contribution in [0.2, 0.25) is 0 Å². The molecule has 2 aromatic carbocycles. The molecule has 0 aliphatic rings. The maximum atomic E-state index is 12.3. The summed E-state index contributed by atoms with van der Waals surface area (Å²) in [5.41, 5.74) is 2.05. The van der Waals surface area contributed by atoms with E-state index in [9.17, 15) is 9.90 Å². The van der Waals surface area contributed by atoms with E-state index < -0.39 is 18.2 Å². The normalized spacial score (nSPS) is 12.1. The molecule has 23 heavy (non-hydrogen) atoms. The average Bonchev–Trinajstić information content (AvgIpc) is 3.15. The zero-order valence-electron chi connectivity index (χ0n) is 12.3. The van der Waals surface area contributed by atoms with Gasteiger partial charge in [0.15, 0.2) is 12.2 Å². The van der Waals surface area contributed by atoms with Crippen LogP contribution < -0.4 is 0 Å². The molecule has 4 heteroatoms. The van der Waals surface area contributed by atoms with Crippen LogP contribution in [0, 0.1) is 0 Å². The summed E-state index contributed by atoms with van der Waals surface area (Å²) in [6.45, 7) is 0. The first-order valence-electron chi connectivity index (χ1n) is 7.26. The molecular weight excluding hydrogens is 292 g/mol. The molecule has 0 saturated heterocycles. The molecule has 1 atom stereocenters. The lowest BCUT2D eigenvalue weighted by atomic mass is 10.0. The number of aliphatic hydroxyl groups excluding tert-OH is 1. The lowest BCUT2D eigenvalue weighted by molar-refractivity contribution is -0.158. The third kappa shape index (κ3) is 3.49. The van der Waals surface area contributed by atoms with Crippen molar-refractivity contribution in [3.63, 3.8) is 0 Å². The largest absolute Gasteiger partial charge is 0.472 e. The van der Waals surface area contributed by atoms with Crippen LogP contribution in [0.15, 0.2) is 83.7 Å². The summed E-state index contributed by atoms with van der Waals surface area (Å²) in [6.07, 6.45) is 0.777. The predicted octanol–water partition coefficient (Wildman–Crippen LogP) is 3.65. The summed E-state index contributed by atoms with van der Waals surface area (Å²) >= 11 is 0. The van der Waals surface area contributed by atoms with E-state index in [-0.39, 0.29) is 0 Å². The number of hydrogen-bond donors (Lipinski definition) is 1. The Morgan fingerprint density at radius 3 is 1.91 bits per heavy atom. The zero-order chi connectivity index (χ0) is 16.1. The second-order valence-corrected chi connectivity index (χ2v) is 5.10. The maximum absolute atomic E-state index is 12.3. The van der Waals surface area contributed by atoms with Gasteiger partial charge in [0.1, 0.15) is 0 Å². The first kappa shape index (κ1) is 15.1. The molecule has 0 radical (unpaired) electrons. The third-order valence-corrected chi connectivity index (χ3v) is 3.52. The van der Waals surface area contributed by atoms with Gasteiger partial charge in [-0.2, -0.15) is 0 Å². The number of carbonyl (C=O) groups is 1. The zero-order valence-corrected chi connectivity index (χ0v) is 12.3. The fourth-order valence-corrected chi connectivity index (χ4v) is 2.33. The first-order valence-corrected chi connectivity index (χ1v) is 7.26. The number of ether oxygens (including phenoxy) is 1. The van der Waals surface area contributed by atoms with Crippen molar-refractivity contribution in [1.82, 2.24) is 0 Å². The van der Waals surface area contributed by atoms with E-state index in [2.05, 4.69) is 0 Å². The van der Waals surface area contributed by atoms with Gasteiger partial charge < -0.3 is 14.3 Å². The molecule has 116 valence electrons. The summed E-state index contributed by atoms with van der Waals surface area (Å²) in [5.74, 6) is -0.718. The van der Waals surface area contributed by atoms with Gasteiger partial charge >= 0.3 is 5.97 Å². The lowest BCUT2D eigenvalue weighted by Gasteiger charge is -2.20. The highest BCUT2D eigenvalue weighted by Crippen LogP contribution is 2.28. The van der Waals surface area contributed by atoms with Crippen molar-refractivity contribution < 1.29 is 19.1 Å². The molecule has 4 nitrogen and oxygen atoms in total. The number of benzene rings is 2. The summed E-state index contributed by atoms with van der Waals surface area (Å²) < 4.78 is 10.5. The van der Waals surface area contributed by atoms with Gasteiger partial charge in [0.25, 0.3) is 0 Å². The van der Waals surface area contributed by atoms with Gasteiger partial charge in [-0.3, -0.25) is 0 Å². The highest BCUT2D eigenvalue weighted by atomic mass is 16.6. The van der Waals surface area contributed by atoms with Gasteiger partial charge in [0.2, 0.25) is 0 Å². The van der Waals surface area contributed by atoms with Crippen molar-refractivity contribution in [2.24, 2.45) is 0 Å². The first-order chi connectivity index (χ1) is 11.3. The van der Waals surface area contributed by atoms with Crippen LogP contribution in [0.1, 0.15) is 28.9 Å². The number of hydrogen-bond acceptors (Lipinski definition) is 4. The third-order valence-electron chi connectivity index (χ3n) is 3.52. The maximum Gasteiger partial charge on any atom is 0.340 e. The second-order valence-electron chi connectivity index (χ2n) is 5.10. The van der Waals surface area contributed by atoms with Crippen molar-refractivity contribution in [2.45, 2.75) is 12.2 Å². The number of aliphatic hydroxyl groups is 1. The van der Waals surface area contributed by atoms with Crippen molar-refractivity contribution >= 4 is 5.97 Å². The number of furan rings is 1. The highest BCUT2D eigenvalue weighted by Gasteiger charge is 2.25. The molecule has 3 aromatic rings. The Kier molecular flexibility index (Phi) is 4.54. The van der Waals surface area contributed by atoms with Crippen LogP contribution in [0.5, 0.6) is 0 Å². The standard InChI is InChI=1S/C19H16O4/c20-17(16-11-12-22-13-16)19(21)23-18(14-7-3-1-4-8-14)15-9-5-2-6-10-15/h1-13,17-18,20H. The summed E-state index contributed by atoms with van der Waals surface area (Å²) in [4.78, 5) is 12.3. The van der Waals surface area contributed by atoms with E-state index in [1.807, 2.05) is 60.7 Å². The summed E-state index contributed by atoms with van der Waals surface area (Å²) in [5, 5.41) is 10.1. The molecule has 0 amide bonds. The highest BCUT2D eigenvalue weighted by molar-refractivity contribution is 5.76. The minimum Gasteiger partial charge on any atom is -0.472 e. The lowest BCUT2D eigenvalue weighted by Crippen LogP contribution is -2.19. The van der Waals surface area contributed by atoms with Crippen molar-refractivity contribution in [3.8, 4) is 0 Å². The number of rotatable bonds is 5. The minimum absolute atomic E-state index is 0.370. The van der Waals surface area contributed by atoms with Gasteiger partial charge in [0.05, 0.1) is 12.5 Å². The van der Waals surface area contributed by atoms with Crippen molar-refractivity contribution in [3.05, 3.63) is 95.9 Å². The molecule has 1 unspecified atom stereocenters. The minimum atomic E-state index is -1.37. The van der Waals surface area contributed by atoms with E-state index in [4.69, 9.17) is 9.15 Å². The van der Waals surface area contributed by atoms with E-state index >= 15 is 0 Å². The molecule has 0 fully saturated rings. The fraction of sp³-hybridized carbons (Fsp3) is 0.105. The Hall–Kier alpha value is -2.85. The van der Waals surface area contributed by atoms with Crippen molar-refractivity contribution in [1.29, 1.82) is 0 Å². The van der Waals surface area contributed by atoms with Crippen molar-refractivity contribution in [2.75, 3.05) is 0 Å². The van der Waals surface area contributed by atoms with E-state index in [1.165, 1.54) is 18.6 Å². The summed E-state index contributed by atoms with van der Waals surface area (Å²) in [7, 11) is 0. The quantitative estimate of drug-likeness (QED) is 0.731. The molecule has 1 aromatic heterocycles. The predicted molar refractivity (Wildman–Crippen MR) is 84.5 cm³/mol. The van der Waals surface area contributed by atoms with Crippen LogP contribution in [-0.2, 0) is 9.53 Å². The Labute approximate surface area is 134 Å².